The van der Waals surface area contributed by atoms with E-state index >= 15 is 0 Å². The number of nitrogens with two attached hydrogens (primary N) is 1. The highest BCUT2D eigenvalue weighted by molar-refractivity contribution is 5.51. The second-order valence-electron chi connectivity index (χ2n) is 3.83. The van der Waals surface area contributed by atoms with E-state index in [0.717, 1.165) is 30.9 Å². The molecule has 1 heterocycles. The highest BCUT2D eigenvalue weighted by atomic mass is 16.5. The van der Waals surface area contributed by atoms with Crippen molar-refractivity contribution in [1.82, 2.24) is 4.90 Å². The van der Waals surface area contributed by atoms with Crippen molar-refractivity contribution in [1.29, 1.82) is 0 Å². The Bertz CT molecular complexity index is 314. The van der Waals surface area contributed by atoms with Gasteiger partial charge in [0.15, 0.2) is 0 Å². The average Bonchev–Trinajstić information content (AvgIpc) is 2.56. The Labute approximate surface area is 84.5 Å². The molecule has 1 atom stereocenters. The first-order chi connectivity index (χ1) is 6.75. The highest BCUT2D eigenvalue weighted by Crippen LogP contribution is 2.23. The lowest BCUT2D eigenvalue weighted by Gasteiger charge is -2.14. The second kappa shape index (κ2) is 3.88. The zero-order chi connectivity index (χ0) is 9.97. The molecular weight excluding hydrogens is 176 g/mol. The Morgan fingerprint density at radius 3 is 2.86 bits per heavy atom. The van der Waals surface area contributed by atoms with Crippen LogP contribution in [-0.2, 0) is 0 Å². The predicted molar refractivity (Wildman–Crippen MR) is 57.4 cm³/mol. The number of nitrogens with zero attached hydrogens (tertiary/aromatic N) is 1. The number of hydrogen-bond acceptors (Lipinski definition) is 3. The van der Waals surface area contributed by atoms with E-state index in [1.807, 2.05) is 24.3 Å². The lowest BCUT2D eigenvalue weighted by atomic mass is 10.3. The quantitative estimate of drug-likeness (QED) is 0.719. The summed E-state index contributed by atoms with van der Waals surface area (Å²) in [7, 11) is 2.11. The summed E-state index contributed by atoms with van der Waals surface area (Å²) in [6.07, 6.45) is 1.38. The van der Waals surface area contributed by atoms with E-state index in [0.29, 0.717) is 6.10 Å². The van der Waals surface area contributed by atoms with Gasteiger partial charge in [-0.15, -0.1) is 0 Å². The van der Waals surface area contributed by atoms with E-state index in [1.54, 1.807) is 0 Å². The van der Waals surface area contributed by atoms with Crippen molar-refractivity contribution in [2.24, 2.45) is 0 Å². The summed E-state index contributed by atoms with van der Waals surface area (Å²) in [6, 6.07) is 7.66. The Morgan fingerprint density at radius 1 is 1.43 bits per heavy atom. The minimum Gasteiger partial charge on any atom is -0.487 e. The number of anilines is 1. The first kappa shape index (κ1) is 9.34. The van der Waals surface area contributed by atoms with Crippen LogP contribution in [0.15, 0.2) is 24.3 Å². The van der Waals surface area contributed by atoms with Gasteiger partial charge in [0.1, 0.15) is 11.9 Å². The normalized spacial score (nSPS) is 22.5. The van der Waals surface area contributed by atoms with Crippen molar-refractivity contribution in [2.45, 2.75) is 12.5 Å². The van der Waals surface area contributed by atoms with Gasteiger partial charge >= 0.3 is 0 Å². The highest BCUT2D eigenvalue weighted by Gasteiger charge is 2.21. The summed E-state index contributed by atoms with van der Waals surface area (Å²) in [5.74, 6) is 0.813. The molecule has 1 fully saturated rings. The van der Waals surface area contributed by atoms with Crippen LogP contribution in [0.2, 0.25) is 0 Å². The number of ether oxygens (including phenoxy) is 1. The van der Waals surface area contributed by atoms with Crippen LogP contribution in [0.5, 0.6) is 5.75 Å². The molecular formula is C11H16N2O. The summed E-state index contributed by atoms with van der Waals surface area (Å²) >= 11 is 0. The molecule has 2 N–H and O–H groups in total. The molecule has 0 radical (unpaired) electrons. The molecule has 0 aliphatic carbocycles. The van der Waals surface area contributed by atoms with Crippen LogP contribution >= 0.6 is 0 Å². The maximum absolute atomic E-state index is 5.81. The zero-order valence-electron chi connectivity index (χ0n) is 8.44. The Kier molecular flexibility index (Phi) is 2.59. The van der Waals surface area contributed by atoms with Gasteiger partial charge in [0.2, 0.25) is 0 Å². The molecule has 2 rings (SSSR count). The third-order valence-electron chi connectivity index (χ3n) is 2.56. The standard InChI is InChI=1S/C11H16N2O/c1-13-7-6-9(8-13)14-11-5-3-2-4-10(11)12/h2-5,9H,6-8,12H2,1H3/t9-/m0/s1. The Hall–Kier alpha value is -1.22. The van der Waals surface area contributed by atoms with Crippen LogP contribution in [0.1, 0.15) is 6.42 Å². The van der Waals surface area contributed by atoms with Gasteiger partial charge in [-0.3, -0.25) is 0 Å². The van der Waals surface area contributed by atoms with Crippen molar-refractivity contribution < 1.29 is 4.74 Å². The number of rotatable bonds is 2. The van der Waals surface area contributed by atoms with Crippen LogP contribution in [0.3, 0.4) is 0 Å². The molecule has 0 spiro atoms. The molecule has 3 heteroatoms. The van der Waals surface area contributed by atoms with Crippen LogP contribution in [0, 0.1) is 0 Å². The van der Waals surface area contributed by atoms with Crippen molar-refractivity contribution in [3.8, 4) is 5.75 Å². The van der Waals surface area contributed by atoms with Gasteiger partial charge in [0.05, 0.1) is 5.69 Å². The molecule has 1 aliphatic heterocycles. The minimum absolute atomic E-state index is 0.296. The molecule has 3 nitrogen and oxygen atoms in total. The Balaban J connectivity index is 2.01. The molecule has 1 aromatic rings. The van der Waals surface area contributed by atoms with Gasteiger partial charge in [0.25, 0.3) is 0 Å². The largest absolute Gasteiger partial charge is 0.487 e. The number of para-hydroxylation sites is 2. The summed E-state index contributed by atoms with van der Waals surface area (Å²) in [5.41, 5.74) is 6.52. The smallest absolute Gasteiger partial charge is 0.142 e. The molecule has 0 bridgehead atoms. The molecule has 0 saturated carbocycles. The third kappa shape index (κ3) is 1.99. The minimum atomic E-state index is 0.296. The van der Waals surface area contributed by atoms with Crippen LogP contribution in [0.25, 0.3) is 0 Å². The monoisotopic (exact) mass is 192 g/mol. The fraction of sp³-hybridized carbons (Fsp3) is 0.455. The van der Waals surface area contributed by atoms with E-state index in [-0.39, 0.29) is 0 Å². The second-order valence-corrected chi connectivity index (χ2v) is 3.83. The summed E-state index contributed by atoms with van der Waals surface area (Å²) < 4.78 is 5.81. The summed E-state index contributed by atoms with van der Waals surface area (Å²) in [5, 5.41) is 0. The van der Waals surface area contributed by atoms with E-state index in [9.17, 15) is 0 Å². The lowest BCUT2D eigenvalue weighted by Crippen LogP contribution is -2.21. The fourth-order valence-corrected chi connectivity index (χ4v) is 1.76. The zero-order valence-corrected chi connectivity index (χ0v) is 8.44. The van der Waals surface area contributed by atoms with Gasteiger partial charge in [-0.25, -0.2) is 0 Å². The van der Waals surface area contributed by atoms with E-state index in [1.165, 1.54) is 0 Å². The Morgan fingerprint density at radius 2 is 2.21 bits per heavy atom. The van der Waals surface area contributed by atoms with Crippen molar-refractivity contribution >= 4 is 5.69 Å². The molecule has 1 aliphatic rings. The number of nitrogen functional groups attached to an aromatic ring is 1. The lowest BCUT2D eigenvalue weighted by molar-refractivity contribution is 0.209. The molecule has 0 unspecified atom stereocenters. The number of likely N-dealkylation sites (tertiary alicyclic amines) is 1. The average molecular weight is 192 g/mol. The number of hydrogen-bond donors (Lipinski definition) is 1. The van der Waals surface area contributed by atoms with E-state index in [2.05, 4.69) is 11.9 Å². The molecule has 0 amide bonds. The van der Waals surface area contributed by atoms with Crippen molar-refractivity contribution in [3.05, 3.63) is 24.3 Å². The molecule has 76 valence electrons. The SMILES string of the molecule is CN1CC[C@H](Oc2ccccc2N)C1. The van der Waals surface area contributed by atoms with E-state index in [4.69, 9.17) is 10.5 Å². The first-order valence-electron chi connectivity index (χ1n) is 4.95. The van der Waals surface area contributed by atoms with Gasteiger partial charge in [-0.2, -0.15) is 0 Å². The number of likely N-dealkylation sites (N-methyl/N-ethyl adjacent to an activating group) is 1. The first-order valence-corrected chi connectivity index (χ1v) is 4.95. The maximum atomic E-state index is 5.81. The third-order valence-corrected chi connectivity index (χ3v) is 2.56. The molecule has 1 aromatic carbocycles. The summed E-state index contributed by atoms with van der Waals surface area (Å²) in [6.45, 7) is 2.10. The van der Waals surface area contributed by atoms with Crippen molar-refractivity contribution in [3.63, 3.8) is 0 Å². The van der Waals surface area contributed by atoms with Gasteiger partial charge in [-0.05, 0) is 25.6 Å². The molecule has 14 heavy (non-hydrogen) atoms. The fourth-order valence-electron chi connectivity index (χ4n) is 1.76. The number of benzene rings is 1. The predicted octanol–water partition coefficient (Wildman–Crippen LogP) is 1.35. The van der Waals surface area contributed by atoms with E-state index < -0.39 is 0 Å². The van der Waals surface area contributed by atoms with Crippen LogP contribution < -0.4 is 10.5 Å². The van der Waals surface area contributed by atoms with Crippen molar-refractivity contribution in [2.75, 3.05) is 25.9 Å². The molecule has 0 aromatic heterocycles. The summed E-state index contributed by atoms with van der Waals surface area (Å²) in [4.78, 5) is 2.27. The van der Waals surface area contributed by atoms with Gasteiger partial charge < -0.3 is 15.4 Å². The van der Waals surface area contributed by atoms with Gasteiger partial charge in [0, 0.05) is 13.1 Å². The van der Waals surface area contributed by atoms with Gasteiger partial charge in [-0.1, -0.05) is 12.1 Å². The van der Waals surface area contributed by atoms with Crippen LogP contribution in [0.4, 0.5) is 5.69 Å². The maximum Gasteiger partial charge on any atom is 0.142 e. The topological polar surface area (TPSA) is 38.5 Å². The van der Waals surface area contributed by atoms with Crippen LogP contribution in [-0.4, -0.2) is 31.1 Å². The molecule has 1 saturated heterocycles.